The molecule has 0 bridgehead atoms. The molecule has 0 aromatic carbocycles. The first-order valence-corrected chi connectivity index (χ1v) is 12.5. The Morgan fingerprint density at radius 3 is 2.40 bits per heavy atom. The minimum atomic E-state index is -3.08. The Morgan fingerprint density at radius 1 is 0.967 bits per heavy atom. The fraction of sp³-hybridized carbons (Fsp3) is 0.852. The van der Waals surface area contributed by atoms with Crippen molar-refractivity contribution in [3.63, 3.8) is 0 Å². The van der Waals surface area contributed by atoms with Gasteiger partial charge in [0.15, 0.2) is 0 Å². The lowest BCUT2D eigenvalue weighted by molar-refractivity contribution is -0.124. The monoisotopic (exact) mass is 420 g/mol. The third-order valence-corrected chi connectivity index (χ3v) is 9.86. The average Bonchev–Trinajstić information content (AvgIpc) is 3.02. The number of hydrogen-bond donors (Lipinski definition) is 1. The van der Waals surface area contributed by atoms with Gasteiger partial charge in [-0.25, -0.2) is 0 Å². The number of hydrogen-bond acceptors (Lipinski definition) is 1. The van der Waals surface area contributed by atoms with Crippen LogP contribution in [0.3, 0.4) is 0 Å². The van der Waals surface area contributed by atoms with E-state index in [2.05, 4.69) is 40.7 Å². The molecule has 0 spiro atoms. The fourth-order valence-electron chi connectivity index (χ4n) is 8.09. The zero-order valence-electron chi connectivity index (χ0n) is 19.7. The minimum Gasteiger partial charge on any atom is -0.386 e. The molecule has 0 aromatic heterocycles. The van der Waals surface area contributed by atoms with Gasteiger partial charge < -0.3 is 5.11 Å². The Bertz CT molecular complexity index is 722. The number of allylic oxidation sites excluding steroid dienone is 3. The lowest BCUT2D eigenvalue weighted by Crippen LogP contribution is -2.53. The third-order valence-electron chi connectivity index (χ3n) is 9.86. The van der Waals surface area contributed by atoms with Crippen molar-refractivity contribution in [3.05, 3.63) is 23.3 Å². The van der Waals surface area contributed by atoms with Crippen molar-refractivity contribution in [2.45, 2.75) is 104 Å². The van der Waals surface area contributed by atoms with E-state index in [9.17, 15) is 13.9 Å². The van der Waals surface area contributed by atoms with Crippen molar-refractivity contribution < 1.29 is 13.9 Å². The number of aliphatic hydroxyl groups is 1. The van der Waals surface area contributed by atoms with Crippen molar-refractivity contribution in [1.82, 2.24) is 0 Å². The Balaban J connectivity index is 1.58. The standard InChI is InChI=1S/C27H42F2O/c1-17(2)7-6-8-18(3)20-10-11-21-19-9-12-23-26(5,16-14-24(30)27(23,28)29)22(19)13-15-25(20,21)4/h9,12,17-18,20-22,24,30H,6-8,10-11,13-16H2,1-5H3/t18-,20-,21+,22+,24+,25-,26-/m1/s1. The lowest BCUT2D eigenvalue weighted by Gasteiger charge is -2.56. The highest BCUT2D eigenvalue weighted by molar-refractivity contribution is 5.42. The van der Waals surface area contributed by atoms with Crippen molar-refractivity contribution in [2.75, 3.05) is 0 Å². The summed E-state index contributed by atoms with van der Waals surface area (Å²) in [5, 5.41) is 9.97. The number of fused-ring (bicyclic) bond motifs is 5. The van der Waals surface area contributed by atoms with Crippen molar-refractivity contribution in [2.24, 2.45) is 40.4 Å². The van der Waals surface area contributed by atoms with Crippen molar-refractivity contribution in [1.29, 1.82) is 0 Å². The Hall–Kier alpha value is -0.700. The number of halogens is 2. The fourth-order valence-corrected chi connectivity index (χ4v) is 8.09. The summed E-state index contributed by atoms with van der Waals surface area (Å²) >= 11 is 0. The summed E-state index contributed by atoms with van der Waals surface area (Å²) in [4.78, 5) is 0. The molecule has 0 saturated heterocycles. The first-order chi connectivity index (χ1) is 14.0. The van der Waals surface area contributed by atoms with E-state index >= 15 is 0 Å². The van der Waals surface area contributed by atoms with E-state index in [4.69, 9.17) is 0 Å². The molecular formula is C27H42F2O. The highest BCUT2D eigenvalue weighted by atomic mass is 19.3. The van der Waals surface area contributed by atoms with Gasteiger partial charge in [0.25, 0.3) is 5.92 Å². The molecule has 3 fully saturated rings. The van der Waals surface area contributed by atoms with Gasteiger partial charge in [-0.15, -0.1) is 0 Å². The summed E-state index contributed by atoms with van der Waals surface area (Å²) in [7, 11) is 0. The second kappa shape index (κ2) is 7.71. The summed E-state index contributed by atoms with van der Waals surface area (Å²) in [6.07, 6.45) is 11.8. The topological polar surface area (TPSA) is 20.2 Å². The minimum absolute atomic E-state index is 0.197. The highest BCUT2D eigenvalue weighted by Crippen LogP contribution is 2.67. The summed E-state index contributed by atoms with van der Waals surface area (Å²) < 4.78 is 29.8. The number of alkyl halides is 2. The van der Waals surface area contributed by atoms with E-state index in [1.807, 2.05) is 0 Å². The predicted molar refractivity (Wildman–Crippen MR) is 119 cm³/mol. The van der Waals surface area contributed by atoms with E-state index < -0.39 is 17.4 Å². The van der Waals surface area contributed by atoms with Crippen LogP contribution in [0.2, 0.25) is 0 Å². The molecule has 0 aliphatic heterocycles. The quantitative estimate of drug-likeness (QED) is 0.487. The van der Waals surface area contributed by atoms with Gasteiger partial charge in [-0.3, -0.25) is 0 Å². The van der Waals surface area contributed by atoms with Crippen molar-refractivity contribution in [3.8, 4) is 0 Å². The highest BCUT2D eigenvalue weighted by Gasteiger charge is 2.61. The van der Waals surface area contributed by atoms with Gasteiger partial charge in [-0.2, -0.15) is 8.78 Å². The molecule has 0 radical (unpaired) electrons. The van der Waals surface area contributed by atoms with Crippen LogP contribution in [0.4, 0.5) is 8.78 Å². The molecule has 4 rings (SSSR count). The molecule has 170 valence electrons. The van der Waals surface area contributed by atoms with Crippen LogP contribution in [0.25, 0.3) is 0 Å². The first-order valence-electron chi connectivity index (χ1n) is 12.5. The molecular weight excluding hydrogens is 378 g/mol. The molecule has 7 atom stereocenters. The van der Waals surface area contributed by atoms with E-state index in [1.165, 1.54) is 37.7 Å². The van der Waals surface area contributed by atoms with Crippen LogP contribution in [0.5, 0.6) is 0 Å². The Labute approximate surface area is 182 Å². The van der Waals surface area contributed by atoms with Gasteiger partial charge in [-0.05, 0) is 73.5 Å². The van der Waals surface area contributed by atoms with E-state index in [1.54, 1.807) is 6.08 Å². The normalized spacial score (nSPS) is 43.4. The molecule has 30 heavy (non-hydrogen) atoms. The SMILES string of the molecule is CC(C)CCC[C@@H](C)[C@H]1CC[C@H]2C3=CC=C4C(F)(F)[C@@H](O)CC[C@]4(C)[C@H]3CC[C@]12C. The lowest BCUT2D eigenvalue weighted by atomic mass is 9.49. The van der Waals surface area contributed by atoms with Crippen LogP contribution < -0.4 is 0 Å². The molecule has 0 heterocycles. The Morgan fingerprint density at radius 2 is 1.70 bits per heavy atom. The predicted octanol–water partition coefficient (Wildman–Crippen LogP) is 7.55. The Kier molecular flexibility index (Phi) is 5.78. The van der Waals surface area contributed by atoms with Crippen LogP contribution in [-0.4, -0.2) is 17.1 Å². The molecule has 1 nitrogen and oxygen atoms in total. The number of aliphatic hydroxyl groups excluding tert-OH is 1. The molecule has 4 aliphatic carbocycles. The summed E-state index contributed by atoms with van der Waals surface area (Å²) in [5.74, 6) is -0.0350. The summed E-state index contributed by atoms with van der Waals surface area (Å²) in [6.45, 7) is 11.6. The van der Waals surface area contributed by atoms with Crippen LogP contribution in [-0.2, 0) is 0 Å². The van der Waals surface area contributed by atoms with Gasteiger partial charge in [0.1, 0.15) is 6.10 Å². The average molecular weight is 421 g/mol. The molecule has 0 aromatic rings. The van der Waals surface area contributed by atoms with Crippen LogP contribution in [0.15, 0.2) is 23.3 Å². The van der Waals surface area contributed by atoms with Gasteiger partial charge in [0, 0.05) is 11.0 Å². The van der Waals surface area contributed by atoms with Gasteiger partial charge >= 0.3 is 0 Å². The molecule has 3 saturated carbocycles. The van der Waals surface area contributed by atoms with Gasteiger partial charge in [0.2, 0.25) is 0 Å². The van der Waals surface area contributed by atoms with Crippen LogP contribution in [0.1, 0.15) is 92.4 Å². The molecule has 1 N–H and O–H groups in total. The van der Waals surface area contributed by atoms with Gasteiger partial charge in [0.05, 0.1) is 0 Å². The summed E-state index contributed by atoms with van der Waals surface area (Å²) in [5.41, 5.74) is 1.48. The number of rotatable bonds is 5. The zero-order chi connectivity index (χ0) is 21.9. The van der Waals surface area contributed by atoms with E-state index in [0.29, 0.717) is 17.8 Å². The maximum atomic E-state index is 14.9. The van der Waals surface area contributed by atoms with Crippen LogP contribution in [0, 0.1) is 40.4 Å². The maximum absolute atomic E-state index is 14.9. The molecule has 0 amide bonds. The van der Waals surface area contributed by atoms with Gasteiger partial charge in [-0.1, -0.05) is 71.6 Å². The van der Waals surface area contributed by atoms with E-state index in [-0.39, 0.29) is 17.9 Å². The maximum Gasteiger partial charge on any atom is 0.295 e. The first kappa shape index (κ1) is 22.5. The third kappa shape index (κ3) is 3.33. The second-order valence-corrected chi connectivity index (χ2v) is 12.0. The van der Waals surface area contributed by atoms with E-state index in [0.717, 1.165) is 30.6 Å². The van der Waals surface area contributed by atoms with Crippen molar-refractivity contribution >= 4 is 0 Å². The zero-order valence-corrected chi connectivity index (χ0v) is 19.7. The molecule has 4 aliphatic rings. The molecule has 0 unspecified atom stereocenters. The smallest absolute Gasteiger partial charge is 0.295 e. The summed E-state index contributed by atoms with van der Waals surface area (Å²) in [6, 6.07) is 0. The second-order valence-electron chi connectivity index (χ2n) is 12.0. The largest absolute Gasteiger partial charge is 0.386 e. The molecule has 3 heteroatoms. The van der Waals surface area contributed by atoms with Crippen LogP contribution >= 0.6 is 0 Å².